The highest BCUT2D eigenvalue weighted by Gasteiger charge is 2.44. The molecule has 0 radical (unpaired) electrons. The standard InChI is InChI=1S/C39H48F6N4O/c1-4-5-6-7-24-22-46-36(47-23-24)49-18-14-27(15-19-49)35-33(34(40)26-8-10-28(11-9-26)39(43,44)45)31(25-12-16-38(41,42)17-13-25)32-29(48-35)20-37(2,3)21-30(32)50/h8-11,22-23,25,27,30,34,50H,4-7,12-21H2,1-3H3/t30-,34?/m0/s1. The first-order valence-electron chi connectivity index (χ1n) is 18.1. The van der Waals surface area contributed by atoms with Crippen molar-refractivity contribution in [3.63, 3.8) is 0 Å². The van der Waals surface area contributed by atoms with E-state index in [1.54, 1.807) is 0 Å². The van der Waals surface area contributed by atoms with Crippen LogP contribution in [0.5, 0.6) is 0 Å². The van der Waals surface area contributed by atoms with Gasteiger partial charge in [-0.05, 0) is 91.5 Å². The fourth-order valence-electron chi connectivity index (χ4n) is 8.29. The number of alkyl halides is 6. The molecule has 5 nitrogen and oxygen atoms in total. The number of rotatable bonds is 9. The molecule has 272 valence electrons. The maximum Gasteiger partial charge on any atom is 0.416 e. The van der Waals surface area contributed by atoms with Gasteiger partial charge in [-0.15, -0.1) is 0 Å². The van der Waals surface area contributed by atoms with Crippen LogP contribution in [0.15, 0.2) is 36.7 Å². The summed E-state index contributed by atoms with van der Waals surface area (Å²) in [7, 11) is 0. The van der Waals surface area contributed by atoms with Crippen molar-refractivity contribution in [1.29, 1.82) is 0 Å². The van der Waals surface area contributed by atoms with Crippen LogP contribution < -0.4 is 4.90 Å². The van der Waals surface area contributed by atoms with Crippen LogP contribution in [0.4, 0.5) is 32.3 Å². The van der Waals surface area contributed by atoms with Crippen LogP contribution >= 0.6 is 0 Å². The van der Waals surface area contributed by atoms with Crippen LogP contribution in [-0.2, 0) is 19.0 Å². The Bertz CT molecular complexity index is 1610. The third-order valence-electron chi connectivity index (χ3n) is 11.0. The lowest BCUT2D eigenvalue weighted by atomic mass is 9.68. The van der Waals surface area contributed by atoms with Crippen molar-refractivity contribution in [3.8, 4) is 0 Å². The highest BCUT2D eigenvalue weighted by Crippen LogP contribution is 2.52. The first-order chi connectivity index (χ1) is 23.7. The smallest absolute Gasteiger partial charge is 0.388 e. The molecule has 2 aromatic heterocycles. The molecule has 1 saturated carbocycles. The fraction of sp³-hybridized carbons (Fsp3) is 0.615. The number of benzene rings is 1. The highest BCUT2D eigenvalue weighted by atomic mass is 19.4. The first kappa shape index (κ1) is 36.6. The van der Waals surface area contributed by atoms with E-state index in [-0.39, 0.29) is 48.1 Å². The van der Waals surface area contributed by atoms with Gasteiger partial charge in [-0.25, -0.2) is 23.1 Å². The molecule has 2 atom stereocenters. The zero-order chi connectivity index (χ0) is 35.8. The van der Waals surface area contributed by atoms with Gasteiger partial charge in [0.15, 0.2) is 6.17 Å². The van der Waals surface area contributed by atoms with Crippen molar-refractivity contribution >= 4 is 5.95 Å². The molecule has 1 unspecified atom stereocenters. The van der Waals surface area contributed by atoms with E-state index in [1.165, 1.54) is 0 Å². The van der Waals surface area contributed by atoms with Gasteiger partial charge in [0.05, 0.1) is 17.4 Å². The van der Waals surface area contributed by atoms with Gasteiger partial charge in [0.1, 0.15) is 0 Å². The molecule has 2 fully saturated rings. The average molecular weight is 703 g/mol. The Balaban J connectivity index is 1.39. The molecule has 3 aromatic rings. The predicted molar refractivity (Wildman–Crippen MR) is 181 cm³/mol. The lowest BCUT2D eigenvalue weighted by Gasteiger charge is -2.41. The first-order valence-corrected chi connectivity index (χ1v) is 18.1. The van der Waals surface area contributed by atoms with E-state index in [1.807, 2.05) is 26.2 Å². The average Bonchev–Trinajstić information content (AvgIpc) is 3.07. The number of hydrogen-bond donors (Lipinski definition) is 1. The van der Waals surface area contributed by atoms with E-state index < -0.39 is 35.9 Å². The van der Waals surface area contributed by atoms with Crippen LogP contribution in [0.1, 0.15) is 154 Å². The highest BCUT2D eigenvalue weighted by molar-refractivity contribution is 5.51. The topological polar surface area (TPSA) is 62.1 Å². The number of aromatic nitrogens is 3. The Labute approximate surface area is 290 Å². The van der Waals surface area contributed by atoms with E-state index in [2.05, 4.69) is 21.8 Å². The third kappa shape index (κ3) is 7.97. The van der Waals surface area contributed by atoms with Gasteiger partial charge in [-0.3, -0.25) is 4.98 Å². The molecule has 3 aliphatic rings. The van der Waals surface area contributed by atoms with Crippen molar-refractivity contribution < 1.29 is 31.4 Å². The molecular weight excluding hydrogens is 654 g/mol. The van der Waals surface area contributed by atoms with Crippen molar-refractivity contribution in [3.05, 3.63) is 81.4 Å². The predicted octanol–water partition coefficient (Wildman–Crippen LogP) is 10.4. The van der Waals surface area contributed by atoms with Gasteiger partial charge >= 0.3 is 6.18 Å². The number of hydrogen-bond acceptors (Lipinski definition) is 5. The second kappa shape index (κ2) is 14.4. The van der Waals surface area contributed by atoms with Crippen LogP contribution in [0.3, 0.4) is 0 Å². The zero-order valence-electron chi connectivity index (χ0n) is 29.2. The van der Waals surface area contributed by atoms with E-state index in [0.29, 0.717) is 67.2 Å². The number of halogens is 6. The van der Waals surface area contributed by atoms with Crippen molar-refractivity contribution in [2.75, 3.05) is 18.0 Å². The summed E-state index contributed by atoms with van der Waals surface area (Å²) in [6.07, 6.45) is 2.35. The number of aryl methyl sites for hydroxylation is 1. The minimum absolute atomic E-state index is 0.0406. The van der Waals surface area contributed by atoms with Crippen molar-refractivity contribution in [2.24, 2.45) is 5.41 Å². The molecule has 1 aliphatic heterocycles. The molecule has 1 N–H and O–H groups in total. The lowest BCUT2D eigenvalue weighted by molar-refractivity contribution is -0.137. The number of piperidine rings is 1. The summed E-state index contributed by atoms with van der Waals surface area (Å²) in [6, 6.07) is 4.06. The van der Waals surface area contributed by atoms with Crippen LogP contribution in [0.2, 0.25) is 0 Å². The van der Waals surface area contributed by atoms with E-state index in [4.69, 9.17) is 4.98 Å². The summed E-state index contributed by atoms with van der Waals surface area (Å²) in [5, 5.41) is 11.6. The lowest BCUT2D eigenvalue weighted by Crippen LogP contribution is -2.36. The van der Waals surface area contributed by atoms with E-state index in [9.17, 15) is 27.1 Å². The normalized spacial score (nSPS) is 22.0. The summed E-state index contributed by atoms with van der Waals surface area (Å²) in [5.41, 5.74) is 2.47. The number of nitrogens with zero attached hydrogens (tertiary/aromatic N) is 4. The van der Waals surface area contributed by atoms with Crippen molar-refractivity contribution in [2.45, 2.75) is 134 Å². The van der Waals surface area contributed by atoms with Gasteiger partial charge in [0.2, 0.25) is 11.9 Å². The van der Waals surface area contributed by atoms with Gasteiger partial charge in [-0.2, -0.15) is 13.2 Å². The quantitative estimate of drug-likeness (QED) is 0.178. The van der Waals surface area contributed by atoms with Gasteiger partial charge < -0.3 is 10.0 Å². The number of unbranched alkanes of at least 4 members (excludes halogenated alkanes) is 2. The molecule has 0 amide bonds. The second-order valence-corrected chi connectivity index (χ2v) is 15.5. The number of aliphatic hydroxyl groups excluding tert-OH is 1. The van der Waals surface area contributed by atoms with Gasteiger partial charge in [0.25, 0.3) is 0 Å². The van der Waals surface area contributed by atoms with E-state index >= 15 is 4.39 Å². The molecule has 6 rings (SSSR count). The molecule has 1 saturated heterocycles. The molecule has 2 aliphatic carbocycles. The Kier molecular flexibility index (Phi) is 10.6. The largest absolute Gasteiger partial charge is 0.416 e. The third-order valence-corrected chi connectivity index (χ3v) is 11.0. The minimum Gasteiger partial charge on any atom is -0.388 e. The summed E-state index contributed by atoms with van der Waals surface area (Å²) >= 11 is 0. The molecule has 1 aromatic carbocycles. The Morgan fingerprint density at radius 2 is 1.56 bits per heavy atom. The van der Waals surface area contributed by atoms with Crippen LogP contribution in [0, 0.1) is 5.41 Å². The number of aliphatic hydroxyl groups is 1. The number of pyridine rings is 1. The Morgan fingerprint density at radius 1 is 0.920 bits per heavy atom. The molecule has 11 heteroatoms. The SMILES string of the molecule is CCCCCc1cnc(N2CCC(c3nc4c(c(C5CCC(F)(F)CC5)c3C(F)c3ccc(C(F)(F)F)cc3)[C@@H](O)CC(C)(C)C4)CC2)nc1. The molecule has 0 spiro atoms. The fourth-order valence-corrected chi connectivity index (χ4v) is 8.29. The van der Waals surface area contributed by atoms with Crippen LogP contribution in [0.25, 0.3) is 0 Å². The number of fused-ring (bicyclic) bond motifs is 1. The molecule has 3 heterocycles. The van der Waals surface area contributed by atoms with Crippen molar-refractivity contribution in [1.82, 2.24) is 15.0 Å². The summed E-state index contributed by atoms with van der Waals surface area (Å²) in [4.78, 5) is 16.5. The Hall–Kier alpha value is -3.21. The summed E-state index contributed by atoms with van der Waals surface area (Å²) < 4.78 is 86.5. The Morgan fingerprint density at radius 3 is 2.16 bits per heavy atom. The summed E-state index contributed by atoms with van der Waals surface area (Å²) in [6.45, 7) is 7.44. The number of anilines is 1. The summed E-state index contributed by atoms with van der Waals surface area (Å²) in [5.74, 6) is -2.83. The zero-order valence-corrected chi connectivity index (χ0v) is 29.2. The monoisotopic (exact) mass is 702 g/mol. The van der Waals surface area contributed by atoms with Gasteiger partial charge in [0, 0.05) is 61.1 Å². The molecular formula is C39H48F6N4O. The van der Waals surface area contributed by atoms with Gasteiger partial charge in [-0.1, -0.05) is 45.7 Å². The van der Waals surface area contributed by atoms with E-state index in [0.717, 1.165) is 55.5 Å². The van der Waals surface area contributed by atoms with Crippen LogP contribution in [-0.4, -0.2) is 39.1 Å². The maximum absolute atomic E-state index is 17.2. The minimum atomic E-state index is -4.58. The molecule has 50 heavy (non-hydrogen) atoms. The maximum atomic E-state index is 17.2. The molecule has 0 bridgehead atoms. The second-order valence-electron chi connectivity index (χ2n) is 15.5.